The van der Waals surface area contributed by atoms with E-state index in [2.05, 4.69) is 9.97 Å². The fourth-order valence-corrected chi connectivity index (χ4v) is 4.00. The highest BCUT2D eigenvalue weighted by molar-refractivity contribution is 8.00. The minimum atomic E-state index is 0.0339. The van der Waals surface area contributed by atoms with Gasteiger partial charge in [-0.2, -0.15) is 0 Å². The largest absolute Gasteiger partial charge is 0.454 e. The van der Waals surface area contributed by atoms with Gasteiger partial charge in [-0.3, -0.25) is 4.79 Å². The normalized spacial score (nSPS) is 12.7. The number of carbonyl (C=O) groups excluding carboxylic acids is 1. The summed E-state index contributed by atoms with van der Waals surface area (Å²) >= 11 is 3.01. The molecule has 110 valence electrons. The number of benzene rings is 1. The average Bonchev–Trinajstić information content (AvgIpc) is 3.20. The second-order valence-corrected chi connectivity index (χ2v) is 6.47. The van der Waals surface area contributed by atoms with E-state index in [1.54, 1.807) is 29.5 Å². The van der Waals surface area contributed by atoms with Crippen LogP contribution in [0, 0.1) is 0 Å². The average molecular weight is 330 g/mol. The predicted octanol–water partition coefficient (Wildman–Crippen LogP) is 3.40. The minimum absolute atomic E-state index is 0.0339. The number of ether oxygens (including phenoxy) is 2. The van der Waals surface area contributed by atoms with E-state index in [-0.39, 0.29) is 12.6 Å². The van der Waals surface area contributed by atoms with E-state index in [9.17, 15) is 4.79 Å². The van der Waals surface area contributed by atoms with Crippen molar-refractivity contribution in [2.75, 3.05) is 12.5 Å². The van der Waals surface area contributed by atoms with Crippen LogP contribution in [-0.4, -0.2) is 28.3 Å². The fraction of sp³-hybridized carbons (Fsp3) is 0.133. The summed E-state index contributed by atoms with van der Waals surface area (Å²) in [5.41, 5.74) is 1.53. The molecule has 0 spiro atoms. The van der Waals surface area contributed by atoms with E-state index in [1.807, 2.05) is 11.4 Å². The molecule has 7 heteroatoms. The third-order valence-corrected chi connectivity index (χ3v) is 5.27. The van der Waals surface area contributed by atoms with E-state index >= 15 is 0 Å². The molecule has 5 nitrogen and oxygen atoms in total. The number of carbonyl (C=O) groups is 1. The molecule has 2 aromatic heterocycles. The number of thiophene rings is 1. The molecule has 0 unspecified atom stereocenters. The molecule has 1 aromatic carbocycles. The zero-order chi connectivity index (χ0) is 14.9. The zero-order valence-corrected chi connectivity index (χ0v) is 12.9. The van der Waals surface area contributed by atoms with Gasteiger partial charge in [-0.05, 0) is 29.6 Å². The molecule has 1 aliphatic rings. The Kier molecular flexibility index (Phi) is 3.44. The Labute approximate surface area is 134 Å². The molecular formula is C15H10N2O3S2. The Hall–Kier alpha value is -2.12. The van der Waals surface area contributed by atoms with Gasteiger partial charge in [-0.15, -0.1) is 11.3 Å². The molecular weight excluding hydrogens is 320 g/mol. The van der Waals surface area contributed by atoms with Crippen molar-refractivity contribution >= 4 is 39.1 Å². The summed E-state index contributed by atoms with van der Waals surface area (Å²) in [6, 6.07) is 7.21. The van der Waals surface area contributed by atoms with E-state index < -0.39 is 0 Å². The van der Waals surface area contributed by atoms with Crippen LogP contribution in [0.2, 0.25) is 0 Å². The molecule has 3 aromatic rings. The van der Waals surface area contributed by atoms with Gasteiger partial charge in [0, 0.05) is 5.56 Å². The maximum absolute atomic E-state index is 12.3. The van der Waals surface area contributed by atoms with Crippen molar-refractivity contribution in [1.29, 1.82) is 0 Å². The van der Waals surface area contributed by atoms with Crippen LogP contribution in [0.25, 0.3) is 10.2 Å². The van der Waals surface area contributed by atoms with Gasteiger partial charge in [0.25, 0.3) is 0 Å². The third kappa shape index (κ3) is 2.42. The monoisotopic (exact) mass is 330 g/mol. The zero-order valence-electron chi connectivity index (χ0n) is 11.3. The van der Waals surface area contributed by atoms with Crippen molar-refractivity contribution in [3.8, 4) is 11.5 Å². The predicted molar refractivity (Wildman–Crippen MR) is 85.0 cm³/mol. The van der Waals surface area contributed by atoms with Crippen LogP contribution >= 0.6 is 23.1 Å². The van der Waals surface area contributed by atoms with Crippen LogP contribution in [0.4, 0.5) is 0 Å². The first kappa shape index (κ1) is 13.5. The molecule has 0 bridgehead atoms. The summed E-state index contributed by atoms with van der Waals surface area (Å²) in [6.45, 7) is 0.207. The highest BCUT2D eigenvalue weighted by atomic mass is 32.2. The lowest BCUT2D eigenvalue weighted by molar-refractivity contribution is 0.102. The van der Waals surface area contributed by atoms with E-state index in [1.165, 1.54) is 18.1 Å². The number of Topliss-reactive ketones (excluding diaryl/α,β-unsaturated/α-hetero) is 1. The number of nitrogens with zero attached hydrogens (tertiary/aromatic N) is 2. The van der Waals surface area contributed by atoms with Crippen molar-refractivity contribution in [3.05, 3.63) is 41.5 Å². The first-order valence-electron chi connectivity index (χ1n) is 6.55. The van der Waals surface area contributed by atoms with Crippen LogP contribution in [-0.2, 0) is 0 Å². The summed E-state index contributed by atoms with van der Waals surface area (Å²) in [5, 5.41) is 2.82. The second-order valence-electron chi connectivity index (χ2n) is 4.59. The number of aromatic nitrogens is 2. The molecule has 22 heavy (non-hydrogen) atoms. The minimum Gasteiger partial charge on any atom is -0.454 e. The van der Waals surface area contributed by atoms with Crippen LogP contribution < -0.4 is 9.47 Å². The highest BCUT2D eigenvalue weighted by Gasteiger charge is 2.17. The van der Waals surface area contributed by atoms with Gasteiger partial charge in [0.1, 0.15) is 11.4 Å². The molecule has 0 radical (unpaired) electrons. The van der Waals surface area contributed by atoms with Gasteiger partial charge < -0.3 is 9.47 Å². The number of rotatable bonds is 4. The van der Waals surface area contributed by atoms with Crippen molar-refractivity contribution in [2.24, 2.45) is 0 Å². The summed E-state index contributed by atoms with van der Waals surface area (Å²) in [6.07, 6.45) is 1.53. The summed E-state index contributed by atoms with van der Waals surface area (Å²) in [5.74, 6) is 1.66. The van der Waals surface area contributed by atoms with Crippen molar-refractivity contribution < 1.29 is 14.3 Å². The first-order valence-corrected chi connectivity index (χ1v) is 8.41. The Morgan fingerprint density at radius 1 is 1.23 bits per heavy atom. The van der Waals surface area contributed by atoms with Gasteiger partial charge in [-0.25, -0.2) is 9.97 Å². The second kappa shape index (κ2) is 5.58. The molecule has 0 aliphatic carbocycles. The molecule has 0 fully saturated rings. The number of ketones is 1. The Balaban J connectivity index is 1.52. The summed E-state index contributed by atoms with van der Waals surface area (Å²) in [4.78, 5) is 20.8. The van der Waals surface area contributed by atoms with Gasteiger partial charge in [0.05, 0.1) is 16.0 Å². The molecule has 0 atom stereocenters. The smallest absolute Gasteiger partial charge is 0.231 e. The number of fused-ring (bicyclic) bond motifs is 2. The number of hydrogen-bond acceptors (Lipinski definition) is 7. The topological polar surface area (TPSA) is 61.3 Å². The quantitative estimate of drug-likeness (QED) is 0.415. The molecule has 0 saturated heterocycles. The third-order valence-electron chi connectivity index (χ3n) is 3.25. The van der Waals surface area contributed by atoms with Crippen LogP contribution in [0.15, 0.2) is 41.0 Å². The maximum atomic E-state index is 12.3. The fourth-order valence-electron chi connectivity index (χ4n) is 2.16. The molecule has 0 N–H and O–H groups in total. The van der Waals surface area contributed by atoms with Crippen molar-refractivity contribution in [1.82, 2.24) is 9.97 Å². The lowest BCUT2D eigenvalue weighted by Gasteiger charge is -2.03. The first-order chi connectivity index (χ1) is 10.8. The summed E-state index contributed by atoms with van der Waals surface area (Å²) in [7, 11) is 0. The molecule has 1 aliphatic heterocycles. The van der Waals surface area contributed by atoms with Crippen LogP contribution in [0.1, 0.15) is 10.4 Å². The Bertz CT molecular complexity index is 863. The van der Waals surface area contributed by atoms with E-state index in [4.69, 9.17) is 9.47 Å². The number of thioether (sulfide) groups is 1. The lowest BCUT2D eigenvalue weighted by Crippen LogP contribution is -2.02. The molecule has 0 saturated carbocycles. The van der Waals surface area contributed by atoms with E-state index in [0.29, 0.717) is 22.8 Å². The van der Waals surface area contributed by atoms with Crippen LogP contribution in [0.3, 0.4) is 0 Å². The number of hydrogen-bond donors (Lipinski definition) is 0. The van der Waals surface area contributed by atoms with Crippen molar-refractivity contribution in [3.63, 3.8) is 0 Å². The van der Waals surface area contributed by atoms with Gasteiger partial charge in [-0.1, -0.05) is 11.8 Å². The maximum Gasteiger partial charge on any atom is 0.231 e. The highest BCUT2D eigenvalue weighted by Crippen LogP contribution is 2.33. The Morgan fingerprint density at radius 2 is 2.14 bits per heavy atom. The van der Waals surface area contributed by atoms with Gasteiger partial charge in [0.15, 0.2) is 17.3 Å². The molecule has 0 amide bonds. The standard InChI is InChI=1S/C15H10N2O3S2/c18-11(9-1-2-12-13(5-9)20-8-19-12)6-22-15-14-10(3-4-21-14)16-7-17-15/h1-5,7H,6,8H2. The SMILES string of the molecule is O=C(CSc1ncnc2ccsc12)c1ccc2c(c1)OCO2. The Morgan fingerprint density at radius 3 is 3.09 bits per heavy atom. The molecule has 4 rings (SSSR count). The van der Waals surface area contributed by atoms with Gasteiger partial charge in [0.2, 0.25) is 6.79 Å². The van der Waals surface area contributed by atoms with Crippen molar-refractivity contribution in [2.45, 2.75) is 5.03 Å². The van der Waals surface area contributed by atoms with E-state index in [0.717, 1.165) is 15.2 Å². The van der Waals surface area contributed by atoms with Crippen LogP contribution in [0.5, 0.6) is 11.5 Å². The van der Waals surface area contributed by atoms with Gasteiger partial charge >= 0.3 is 0 Å². The summed E-state index contributed by atoms with van der Waals surface area (Å²) < 4.78 is 11.6. The molecule has 3 heterocycles. The lowest BCUT2D eigenvalue weighted by atomic mass is 10.1.